The minimum Gasteiger partial charge on any atom is -0.454 e. The van der Waals surface area contributed by atoms with E-state index in [1.807, 2.05) is 6.07 Å². The average molecular weight is 121 g/mol. The average Bonchev–Trinajstić information content (AvgIpc) is 2.33. The lowest BCUT2D eigenvalue weighted by Gasteiger charge is -1.89. The molecule has 0 N–H and O–H groups in total. The summed E-state index contributed by atoms with van der Waals surface area (Å²) in [5.74, 6) is 1.60. The third kappa shape index (κ3) is 0.633. The molecule has 0 aromatic heterocycles. The Kier molecular flexibility index (Phi) is 0.859. The molecule has 0 saturated heterocycles. The Bertz CT molecular complexity index is 197. The van der Waals surface area contributed by atoms with Gasteiger partial charge in [0, 0.05) is 0 Å². The predicted molar refractivity (Wildman–Crippen MR) is 31.4 cm³/mol. The summed E-state index contributed by atoms with van der Waals surface area (Å²) < 4.78 is 10.1. The van der Waals surface area contributed by atoms with Gasteiger partial charge in [0.2, 0.25) is 6.79 Å². The molecule has 0 unspecified atom stereocenters. The van der Waals surface area contributed by atoms with E-state index in [1.54, 1.807) is 12.1 Å². The Labute approximate surface area is 53.0 Å². The number of ether oxygens (including phenoxy) is 2. The summed E-state index contributed by atoms with van der Waals surface area (Å²) in [6, 6.07) is 8.29. The molecule has 1 radical (unpaired) electrons. The van der Waals surface area contributed by atoms with Crippen LogP contribution >= 0.6 is 0 Å². The number of hydrogen-bond acceptors (Lipinski definition) is 2. The van der Waals surface area contributed by atoms with Crippen molar-refractivity contribution < 1.29 is 9.47 Å². The molecule has 1 heterocycles. The van der Waals surface area contributed by atoms with E-state index in [0.29, 0.717) is 6.79 Å². The van der Waals surface area contributed by atoms with Gasteiger partial charge in [-0.3, -0.25) is 0 Å². The molecule has 0 spiro atoms. The highest BCUT2D eigenvalue weighted by atomic mass is 16.7. The molecule has 0 aliphatic carbocycles. The highest BCUT2D eigenvalue weighted by Gasteiger charge is 2.09. The standard InChI is InChI=1S/C7H5O2/c1-2-4-7-6(3-1)8-5-9-7/h1,3-4H,5H2. The van der Waals surface area contributed by atoms with E-state index in [0.717, 1.165) is 11.5 Å². The Balaban J connectivity index is 2.54. The van der Waals surface area contributed by atoms with Crippen molar-refractivity contribution in [3.8, 4) is 11.5 Å². The monoisotopic (exact) mass is 121 g/mol. The van der Waals surface area contributed by atoms with Gasteiger partial charge in [-0.15, -0.1) is 0 Å². The van der Waals surface area contributed by atoms with Crippen LogP contribution in [0.25, 0.3) is 0 Å². The van der Waals surface area contributed by atoms with Crippen molar-refractivity contribution in [1.29, 1.82) is 0 Å². The molecular weight excluding hydrogens is 116 g/mol. The molecule has 1 aliphatic rings. The highest BCUT2D eigenvalue weighted by Crippen LogP contribution is 2.29. The zero-order valence-corrected chi connectivity index (χ0v) is 4.76. The maximum absolute atomic E-state index is 5.06. The molecule has 2 nitrogen and oxygen atoms in total. The molecule has 0 atom stereocenters. The van der Waals surface area contributed by atoms with Crippen molar-refractivity contribution in [1.82, 2.24) is 0 Å². The van der Waals surface area contributed by atoms with Crippen molar-refractivity contribution in [2.45, 2.75) is 0 Å². The third-order valence-corrected chi connectivity index (χ3v) is 1.22. The van der Waals surface area contributed by atoms with Crippen LogP contribution in [0, 0.1) is 6.07 Å². The van der Waals surface area contributed by atoms with E-state index < -0.39 is 0 Å². The van der Waals surface area contributed by atoms with Crippen LogP contribution in [0.1, 0.15) is 0 Å². The molecule has 1 aliphatic heterocycles. The summed E-state index contributed by atoms with van der Waals surface area (Å²) in [5, 5.41) is 0. The van der Waals surface area contributed by atoms with Gasteiger partial charge in [-0.2, -0.15) is 0 Å². The summed E-state index contributed by atoms with van der Waals surface area (Å²) in [6.45, 7) is 0.340. The van der Waals surface area contributed by atoms with Crippen LogP contribution < -0.4 is 9.47 Å². The smallest absolute Gasteiger partial charge is 0.231 e. The van der Waals surface area contributed by atoms with Gasteiger partial charge in [-0.05, 0) is 18.2 Å². The number of rotatable bonds is 0. The molecule has 0 bridgehead atoms. The second-order valence-electron chi connectivity index (χ2n) is 1.78. The van der Waals surface area contributed by atoms with Crippen molar-refractivity contribution in [2.75, 3.05) is 6.79 Å². The van der Waals surface area contributed by atoms with Gasteiger partial charge in [0.25, 0.3) is 0 Å². The zero-order chi connectivity index (χ0) is 6.10. The van der Waals surface area contributed by atoms with E-state index in [4.69, 9.17) is 9.47 Å². The first kappa shape index (κ1) is 4.68. The van der Waals surface area contributed by atoms with Crippen molar-refractivity contribution >= 4 is 0 Å². The molecule has 9 heavy (non-hydrogen) atoms. The maximum Gasteiger partial charge on any atom is 0.231 e. The van der Waals surface area contributed by atoms with E-state index in [9.17, 15) is 0 Å². The minimum atomic E-state index is 0.340. The van der Waals surface area contributed by atoms with E-state index >= 15 is 0 Å². The lowest BCUT2D eigenvalue weighted by Crippen LogP contribution is -1.92. The first-order valence-electron chi connectivity index (χ1n) is 2.72. The van der Waals surface area contributed by atoms with Gasteiger partial charge >= 0.3 is 0 Å². The molecule has 0 fully saturated rings. The molecule has 1 aromatic rings. The zero-order valence-electron chi connectivity index (χ0n) is 4.76. The topological polar surface area (TPSA) is 18.5 Å². The Hall–Kier alpha value is -1.18. The van der Waals surface area contributed by atoms with Crippen molar-refractivity contribution in [3.05, 3.63) is 24.3 Å². The van der Waals surface area contributed by atoms with Crippen LogP contribution in [-0.4, -0.2) is 6.79 Å². The fraction of sp³-hybridized carbons (Fsp3) is 0.143. The molecule has 45 valence electrons. The number of hydrogen-bond donors (Lipinski definition) is 0. The molecule has 2 rings (SSSR count). The lowest BCUT2D eigenvalue weighted by atomic mass is 10.3. The predicted octanol–water partition coefficient (Wildman–Crippen LogP) is 1.22. The second kappa shape index (κ2) is 1.65. The summed E-state index contributed by atoms with van der Waals surface area (Å²) in [4.78, 5) is 0. The summed E-state index contributed by atoms with van der Waals surface area (Å²) in [5.41, 5.74) is 0. The normalized spacial score (nSPS) is 13.8. The SMILES string of the molecule is [c]1ccc2c(c1)OCO2. The molecule has 0 amide bonds. The van der Waals surface area contributed by atoms with Crippen LogP contribution in [0.2, 0.25) is 0 Å². The van der Waals surface area contributed by atoms with Gasteiger partial charge in [-0.25, -0.2) is 0 Å². The molecule has 1 aromatic carbocycles. The maximum atomic E-state index is 5.06. The van der Waals surface area contributed by atoms with Crippen LogP contribution in [0.4, 0.5) is 0 Å². The number of benzene rings is 1. The molecular formula is C7H5O2. The van der Waals surface area contributed by atoms with Crippen LogP contribution in [0.5, 0.6) is 11.5 Å². The highest BCUT2D eigenvalue weighted by molar-refractivity contribution is 5.40. The number of fused-ring (bicyclic) bond motifs is 1. The van der Waals surface area contributed by atoms with Crippen molar-refractivity contribution in [2.24, 2.45) is 0 Å². The largest absolute Gasteiger partial charge is 0.454 e. The van der Waals surface area contributed by atoms with E-state index in [-0.39, 0.29) is 0 Å². The van der Waals surface area contributed by atoms with E-state index in [2.05, 4.69) is 6.07 Å². The second-order valence-corrected chi connectivity index (χ2v) is 1.78. The lowest BCUT2D eigenvalue weighted by molar-refractivity contribution is 0.174. The van der Waals surface area contributed by atoms with Crippen LogP contribution in [0.3, 0.4) is 0 Å². The Morgan fingerprint density at radius 2 is 2.22 bits per heavy atom. The molecule has 0 saturated carbocycles. The summed E-state index contributed by atoms with van der Waals surface area (Å²) >= 11 is 0. The van der Waals surface area contributed by atoms with Crippen LogP contribution in [0.15, 0.2) is 18.2 Å². The molecule has 2 heteroatoms. The van der Waals surface area contributed by atoms with Gasteiger partial charge in [0.15, 0.2) is 11.5 Å². The fourth-order valence-electron chi connectivity index (χ4n) is 0.789. The summed E-state index contributed by atoms with van der Waals surface area (Å²) in [7, 11) is 0. The van der Waals surface area contributed by atoms with Crippen LogP contribution in [-0.2, 0) is 0 Å². The fourth-order valence-corrected chi connectivity index (χ4v) is 0.789. The van der Waals surface area contributed by atoms with Gasteiger partial charge in [0.1, 0.15) is 0 Å². The minimum absolute atomic E-state index is 0.340. The Morgan fingerprint density at radius 3 is 3.11 bits per heavy atom. The third-order valence-electron chi connectivity index (χ3n) is 1.22. The van der Waals surface area contributed by atoms with Gasteiger partial charge < -0.3 is 9.47 Å². The van der Waals surface area contributed by atoms with E-state index in [1.165, 1.54) is 0 Å². The summed E-state index contributed by atoms with van der Waals surface area (Å²) in [6.07, 6.45) is 0. The first-order valence-corrected chi connectivity index (χ1v) is 2.72. The first-order chi connectivity index (χ1) is 4.47. The van der Waals surface area contributed by atoms with Gasteiger partial charge in [-0.1, -0.05) is 6.07 Å². The van der Waals surface area contributed by atoms with Gasteiger partial charge in [0.05, 0.1) is 0 Å². The van der Waals surface area contributed by atoms with Crippen molar-refractivity contribution in [3.63, 3.8) is 0 Å². The quantitative estimate of drug-likeness (QED) is 0.513. The Morgan fingerprint density at radius 1 is 1.33 bits per heavy atom.